The fraction of sp³-hybridized carbons (Fsp3) is 0.385. The number of urea groups is 1. The van der Waals surface area contributed by atoms with Gasteiger partial charge in [-0.05, 0) is 40.0 Å². The SMILES string of the molecule is CC(C)C(CC(=O)O)NC(=O)Nc1ccc(Br)c(Cl)c1. The fourth-order valence-electron chi connectivity index (χ4n) is 1.55. The minimum Gasteiger partial charge on any atom is -0.481 e. The minimum atomic E-state index is -0.948. The number of amides is 2. The van der Waals surface area contributed by atoms with Gasteiger partial charge in [0.15, 0.2) is 0 Å². The Morgan fingerprint density at radius 1 is 1.40 bits per heavy atom. The summed E-state index contributed by atoms with van der Waals surface area (Å²) in [7, 11) is 0. The van der Waals surface area contributed by atoms with E-state index in [9.17, 15) is 9.59 Å². The molecule has 1 unspecified atom stereocenters. The average molecular weight is 364 g/mol. The monoisotopic (exact) mass is 362 g/mol. The van der Waals surface area contributed by atoms with Crippen LogP contribution in [0.25, 0.3) is 0 Å². The first-order valence-electron chi connectivity index (χ1n) is 6.04. The van der Waals surface area contributed by atoms with Crippen molar-refractivity contribution in [3.63, 3.8) is 0 Å². The van der Waals surface area contributed by atoms with E-state index in [0.29, 0.717) is 10.7 Å². The van der Waals surface area contributed by atoms with Crippen molar-refractivity contribution in [2.45, 2.75) is 26.3 Å². The van der Waals surface area contributed by atoms with Gasteiger partial charge >= 0.3 is 12.0 Å². The molecule has 1 rings (SSSR count). The summed E-state index contributed by atoms with van der Waals surface area (Å²) >= 11 is 9.18. The number of aliphatic carboxylic acids is 1. The normalized spacial score (nSPS) is 12.1. The summed E-state index contributed by atoms with van der Waals surface area (Å²) in [5.41, 5.74) is 0.536. The number of carboxylic acids is 1. The van der Waals surface area contributed by atoms with Gasteiger partial charge < -0.3 is 15.7 Å². The largest absolute Gasteiger partial charge is 0.481 e. The van der Waals surface area contributed by atoms with E-state index in [2.05, 4.69) is 26.6 Å². The molecule has 0 bridgehead atoms. The standard InChI is InChI=1S/C13H16BrClN2O3/c1-7(2)11(6-12(18)19)17-13(20)16-8-3-4-9(14)10(15)5-8/h3-5,7,11H,6H2,1-2H3,(H,18,19)(H2,16,17,20). The quantitative estimate of drug-likeness (QED) is 0.746. The summed E-state index contributed by atoms with van der Waals surface area (Å²) in [5, 5.41) is 14.6. The molecule has 20 heavy (non-hydrogen) atoms. The molecule has 1 aromatic rings. The van der Waals surface area contributed by atoms with Crippen LogP contribution in [0.5, 0.6) is 0 Å². The third-order valence-electron chi connectivity index (χ3n) is 2.69. The lowest BCUT2D eigenvalue weighted by Gasteiger charge is -2.20. The lowest BCUT2D eigenvalue weighted by atomic mass is 10.0. The third kappa shape index (κ3) is 5.38. The maximum Gasteiger partial charge on any atom is 0.319 e. The smallest absolute Gasteiger partial charge is 0.319 e. The molecule has 0 radical (unpaired) electrons. The first kappa shape index (κ1) is 16.8. The Labute approximate surface area is 130 Å². The summed E-state index contributed by atoms with van der Waals surface area (Å²) in [4.78, 5) is 22.6. The van der Waals surface area contributed by atoms with E-state index in [1.54, 1.807) is 18.2 Å². The first-order chi connectivity index (χ1) is 9.29. The van der Waals surface area contributed by atoms with Crippen LogP contribution in [0.2, 0.25) is 5.02 Å². The Balaban J connectivity index is 2.65. The first-order valence-corrected chi connectivity index (χ1v) is 7.21. The van der Waals surface area contributed by atoms with E-state index in [1.165, 1.54) is 0 Å². The van der Waals surface area contributed by atoms with Crippen LogP contribution >= 0.6 is 27.5 Å². The minimum absolute atomic E-state index is 0.0188. The second-order valence-corrected chi connectivity index (χ2v) is 5.94. The van der Waals surface area contributed by atoms with Crippen molar-refractivity contribution in [1.29, 1.82) is 0 Å². The van der Waals surface area contributed by atoms with E-state index in [0.717, 1.165) is 4.47 Å². The van der Waals surface area contributed by atoms with Crippen molar-refractivity contribution < 1.29 is 14.7 Å². The summed E-state index contributed by atoms with van der Waals surface area (Å²) in [6, 6.07) is 4.13. The Hall–Kier alpha value is -1.27. The van der Waals surface area contributed by atoms with Crippen LogP contribution in [-0.2, 0) is 4.79 Å². The van der Waals surface area contributed by atoms with Gasteiger partial charge in [-0.1, -0.05) is 25.4 Å². The van der Waals surface area contributed by atoms with Crippen molar-refractivity contribution in [2.24, 2.45) is 5.92 Å². The lowest BCUT2D eigenvalue weighted by Crippen LogP contribution is -2.42. The van der Waals surface area contributed by atoms with Crippen LogP contribution in [-0.4, -0.2) is 23.1 Å². The van der Waals surface area contributed by atoms with E-state index in [-0.39, 0.29) is 12.3 Å². The highest BCUT2D eigenvalue weighted by Crippen LogP contribution is 2.25. The summed E-state index contributed by atoms with van der Waals surface area (Å²) in [6.07, 6.45) is -0.119. The molecule has 0 aromatic heterocycles. The van der Waals surface area contributed by atoms with Gasteiger partial charge in [-0.25, -0.2) is 4.79 Å². The average Bonchev–Trinajstić information content (AvgIpc) is 2.32. The number of halogens is 2. The summed E-state index contributed by atoms with van der Waals surface area (Å²) in [6.45, 7) is 3.70. The molecule has 110 valence electrons. The molecule has 0 aliphatic heterocycles. The molecule has 0 saturated carbocycles. The highest BCUT2D eigenvalue weighted by atomic mass is 79.9. The molecule has 0 spiro atoms. The zero-order chi connectivity index (χ0) is 15.3. The fourth-order valence-corrected chi connectivity index (χ4v) is 1.98. The number of carbonyl (C=O) groups is 2. The molecule has 0 saturated heterocycles. The van der Waals surface area contributed by atoms with Gasteiger partial charge in [0.2, 0.25) is 0 Å². The molecular weight excluding hydrogens is 348 g/mol. The van der Waals surface area contributed by atoms with Crippen LogP contribution in [0.4, 0.5) is 10.5 Å². The number of hydrogen-bond acceptors (Lipinski definition) is 2. The lowest BCUT2D eigenvalue weighted by molar-refractivity contribution is -0.137. The Morgan fingerprint density at radius 2 is 2.05 bits per heavy atom. The van der Waals surface area contributed by atoms with Crippen molar-refractivity contribution in [3.8, 4) is 0 Å². The molecule has 0 fully saturated rings. The molecule has 1 atom stereocenters. The highest BCUT2D eigenvalue weighted by molar-refractivity contribution is 9.10. The molecule has 3 N–H and O–H groups in total. The number of rotatable bonds is 5. The topological polar surface area (TPSA) is 78.4 Å². The highest BCUT2D eigenvalue weighted by Gasteiger charge is 2.19. The Bertz CT molecular complexity index is 508. The van der Waals surface area contributed by atoms with Crippen LogP contribution in [0, 0.1) is 5.92 Å². The number of carboxylic acid groups (broad SMARTS) is 1. The van der Waals surface area contributed by atoms with Crippen LogP contribution in [0.15, 0.2) is 22.7 Å². The third-order valence-corrected chi connectivity index (χ3v) is 3.93. The maximum absolute atomic E-state index is 11.8. The predicted octanol–water partition coefficient (Wildman–Crippen LogP) is 3.72. The molecule has 0 aliphatic carbocycles. The molecule has 1 aromatic carbocycles. The van der Waals surface area contributed by atoms with Gasteiger partial charge in [-0.2, -0.15) is 0 Å². The van der Waals surface area contributed by atoms with Gasteiger partial charge in [0.1, 0.15) is 0 Å². The van der Waals surface area contributed by atoms with Crippen molar-refractivity contribution in [3.05, 3.63) is 27.7 Å². The molecule has 0 heterocycles. The van der Waals surface area contributed by atoms with Crippen LogP contribution < -0.4 is 10.6 Å². The molecule has 0 aliphatic rings. The van der Waals surface area contributed by atoms with E-state index < -0.39 is 18.0 Å². The second kappa shape index (κ2) is 7.50. The molecule has 7 heteroatoms. The van der Waals surface area contributed by atoms with E-state index in [4.69, 9.17) is 16.7 Å². The van der Waals surface area contributed by atoms with Crippen molar-refractivity contribution in [2.75, 3.05) is 5.32 Å². The Morgan fingerprint density at radius 3 is 2.55 bits per heavy atom. The van der Waals surface area contributed by atoms with E-state index >= 15 is 0 Å². The van der Waals surface area contributed by atoms with Gasteiger partial charge in [0, 0.05) is 16.2 Å². The van der Waals surface area contributed by atoms with Gasteiger partial charge in [0.05, 0.1) is 11.4 Å². The second-order valence-electron chi connectivity index (χ2n) is 4.68. The molecular formula is C13H16BrClN2O3. The van der Waals surface area contributed by atoms with E-state index in [1.807, 2.05) is 13.8 Å². The summed E-state index contributed by atoms with van der Waals surface area (Å²) in [5.74, 6) is -0.930. The zero-order valence-corrected chi connectivity index (χ0v) is 13.5. The van der Waals surface area contributed by atoms with Crippen molar-refractivity contribution >= 4 is 45.2 Å². The van der Waals surface area contributed by atoms with Crippen LogP contribution in [0.3, 0.4) is 0 Å². The summed E-state index contributed by atoms with van der Waals surface area (Å²) < 4.78 is 0.732. The van der Waals surface area contributed by atoms with Gasteiger partial charge in [0.25, 0.3) is 0 Å². The number of nitrogens with one attached hydrogen (secondary N) is 2. The molecule has 2 amide bonds. The maximum atomic E-state index is 11.8. The predicted molar refractivity (Wildman–Crippen MR) is 82.2 cm³/mol. The number of carbonyl (C=O) groups excluding carboxylic acids is 1. The zero-order valence-electron chi connectivity index (χ0n) is 11.1. The molecule has 5 nitrogen and oxygen atoms in total. The van der Waals surface area contributed by atoms with Crippen LogP contribution in [0.1, 0.15) is 20.3 Å². The van der Waals surface area contributed by atoms with Gasteiger partial charge in [-0.3, -0.25) is 4.79 Å². The number of benzene rings is 1. The van der Waals surface area contributed by atoms with Gasteiger partial charge in [-0.15, -0.1) is 0 Å². The van der Waals surface area contributed by atoms with Crippen molar-refractivity contribution in [1.82, 2.24) is 5.32 Å². The Kier molecular flexibility index (Phi) is 6.29. The number of anilines is 1. The number of hydrogen-bond donors (Lipinski definition) is 3.